The van der Waals surface area contributed by atoms with E-state index < -0.39 is 4.92 Å². The molecule has 0 aliphatic heterocycles. The normalized spacial score (nSPS) is 10.8. The maximum atomic E-state index is 10.8. The molecule has 0 atom stereocenters. The van der Waals surface area contributed by atoms with Gasteiger partial charge in [0.15, 0.2) is 5.56 Å². The summed E-state index contributed by atoms with van der Waals surface area (Å²) < 4.78 is 5.54. The van der Waals surface area contributed by atoms with Crippen molar-refractivity contribution in [3.05, 3.63) is 33.9 Å². The van der Waals surface area contributed by atoms with Crippen molar-refractivity contribution in [1.29, 1.82) is 5.26 Å². The molecule has 0 heterocycles. The predicted octanol–water partition coefficient (Wildman–Crippen LogP) is 3.28. The Morgan fingerprint density at radius 1 is 1.40 bits per heavy atom. The lowest BCUT2D eigenvalue weighted by Gasteiger charge is -2.17. The lowest BCUT2D eigenvalue weighted by molar-refractivity contribution is -0.385. The zero-order chi connectivity index (χ0) is 15.0. The van der Waals surface area contributed by atoms with Crippen LogP contribution in [0.4, 0.5) is 5.69 Å². The molecule has 0 spiro atoms. The molecule has 6 heteroatoms. The van der Waals surface area contributed by atoms with Crippen molar-refractivity contribution in [2.24, 2.45) is 0 Å². The van der Waals surface area contributed by atoms with E-state index in [4.69, 9.17) is 10.00 Å². The molecular formula is C14H20N2O3S. The van der Waals surface area contributed by atoms with Gasteiger partial charge in [-0.1, -0.05) is 19.9 Å². The Bertz CT molecular complexity index is 496. The minimum Gasteiger partial charge on any atom is -0.492 e. The first-order chi connectivity index (χ1) is 9.63. The van der Waals surface area contributed by atoms with Gasteiger partial charge < -0.3 is 4.74 Å². The van der Waals surface area contributed by atoms with Crippen LogP contribution in [0.3, 0.4) is 0 Å². The average molecular weight is 296 g/mol. The summed E-state index contributed by atoms with van der Waals surface area (Å²) in [5, 5.41) is 19.9. The van der Waals surface area contributed by atoms with Crippen molar-refractivity contribution in [3.8, 4) is 11.8 Å². The second-order valence-electron chi connectivity index (χ2n) is 4.25. The van der Waals surface area contributed by atoms with E-state index in [-0.39, 0.29) is 22.1 Å². The standard InChI is InChI=1S/C14H20N2O3S/c1-3-20(4-2)10-6-9-19-14-8-5-7-13(16(17)18)12(14)11-15/h5,7-8,20H,3-4,6,9-10H2,1-2H3. The number of nitro groups is 1. The molecule has 110 valence electrons. The molecule has 5 nitrogen and oxygen atoms in total. The zero-order valence-corrected chi connectivity index (χ0v) is 12.7. The first kappa shape index (κ1) is 16.3. The summed E-state index contributed by atoms with van der Waals surface area (Å²) in [6.07, 6.45) is 0.918. The number of hydrogen-bond donors (Lipinski definition) is 1. The molecule has 0 N–H and O–H groups in total. The first-order valence-electron chi connectivity index (χ1n) is 6.66. The van der Waals surface area contributed by atoms with Crippen molar-refractivity contribution in [2.45, 2.75) is 20.3 Å². The number of nitriles is 1. The van der Waals surface area contributed by atoms with E-state index in [1.807, 2.05) is 6.07 Å². The van der Waals surface area contributed by atoms with Crippen LogP contribution >= 0.6 is 10.9 Å². The quantitative estimate of drug-likeness (QED) is 0.346. The minimum atomic E-state index is -0.557. The Hall–Kier alpha value is -1.74. The van der Waals surface area contributed by atoms with Crippen LogP contribution in [-0.4, -0.2) is 28.8 Å². The zero-order valence-electron chi connectivity index (χ0n) is 11.8. The Morgan fingerprint density at radius 2 is 2.10 bits per heavy atom. The van der Waals surface area contributed by atoms with Crippen LogP contribution in [0.5, 0.6) is 5.75 Å². The Balaban J connectivity index is 2.63. The van der Waals surface area contributed by atoms with E-state index in [0.29, 0.717) is 12.4 Å². The molecule has 0 aromatic heterocycles. The summed E-state index contributed by atoms with van der Waals surface area (Å²) in [5.41, 5.74) is -0.194. The number of benzene rings is 1. The molecule has 0 bridgehead atoms. The van der Waals surface area contributed by atoms with E-state index in [1.165, 1.54) is 17.6 Å². The number of ether oxygens (including phenoxy) is 1. The molecule has 1 aromatic carbocycles. The summed E-state index contributed by atoms with van der Waals surface area (Å²) in [4.78, 5) is 10.3. The van der Waals surface area contributed by atoms with Crippen LogP contribution < -0.4 is 4.74 Å². The van der Waals surface area contributed by atoms with E-state index >= 15 is 0 Å². The average Bonchev–Trinajstić information content (AvgIpc) is 2.46. The lowest BCUT2D eigenvalue weighted by Crippen LogP contribution is -2.04. The fraction of sp³-hybridized carbons (Fsp3) is 0.500. The second kappa shape index (κ2) is 8.43. The molecule has 1 rings (SSSR count). The van der Waals surface area contributed by atoms with Crippen molar-refractivity contribution in [1.82, 2.24) is 0 Å². The highest BCUT2D eigenvalue weighted by Crippen LogP contribution is 2.28. The smallest absolute Gasteiger partial charge is 0.290 e. The van der Waals surface area contributed by atoms with Crippen molar-refractivity contribution >= 4 is 16.6 Å². The van der Waals surface area contributed by atoms with Crippen molar-refractivity contribution < 1.29 is 9.66 Å². The Labute approximate surface area is 122 Å². The summed E-state index contributed by atoms with van der Waals surface area (Å²) in [6.45, 7) is 4.89. The van der Waals surface area contributed by atoms with Gasteiger partial charge in [-0.2, -0.15) is 5.26 Å². The monoisotopic (exact) mass is 296 g/mol. The molecular weight excluding hydrogens is 276 g/mol. The first-order valence-corrected chi connectivity index (χ1v) is 8.56. The molecule has 0 fully saturated rings. The number of nitrogens with zero attached hydrogens (tertiary/aromatic N) is 2. The minimum absolute atomic E-state index is 0.00532. The van der Waals surface area contributed by atoms with Gasteiger partial charge in [0.05, 0.1) is 11.5 Å². The Kier molecular flexibility index (Phi) is 6.88. The number of hydrogen-bond acceptors (Lipinski definition) is 4. The fourth-order valence-corrected chi connectivity index (χ4v) is 3.57. The van der Waals surface area contributed by atoms with E-state index in [1.54, 1.807) is 12.1 Å². The van der Waals surface area contributed by atoms with E-state index in [0.717, 1.165) is 12.2 Å². The Morgan fingerprint density at radius 3 is 2.65 bits per heavy atom. The maximum absolute atomic E-state index is 10.8. The maximum Gasteiger partial charge on any atom is 0.290 e. The van der Waals surface area contributed by atoms with E-state index in [9.17, 15) is 10.1 Å². The molecule has 20 heavy (non-hydrogen) atoms. The third-order valence-electron chi connectivity index (χ3n) is 3.08. The van der Waals surface area contributed by atoms with Crippen LogP contribution in [0, 0.1) is 21.4 Å². The lowest BCUT2D eigenvalue weighted by atomic mass is 10.2. The summed E-state index contributed by atoms with van der Waals surface area (Å²) in [5.74, 6) is 3.87. The van der Waals surface area contributed by atoms with Crippen molar-refractivity contribution in [3.63, 3.8) is 0 Å². The van der Waals surface area contributed by atoms with Gasteiger partial charge in [0.1, 0.15) is 11.8 Å². The van der Waals surface area contributed by atoms with Gasteiger partial charge in [0.25, 0.3) is 5.69 Å². The second-order valence-corrected chi connectivity index (χ2v) is 7.30. The molecule has 0 amide bonds. The van der Waals surface area contributed by atoms with Gasteiger partial charge in [-0.3, -0.25) is 21.0 Å². The van der Waals surface area contributed by atoms with Gasteiger partial charge in [-0.25, -0.2) is 0 Å². The highest BCUT2D eigenvalue weighted by molar-refractivity contribution is 8.16. The van der Waals surface area contributed by atoms with Crippen LogP contribution in [0.2, 0.25) is 0 Å². The number of nitro benzene ring substituents is 1. The highest BCUT2D eigenvalue weighted by Gasteiger charge is 2.17. The third kappa shape index (κ3) is 4.42. The van der Waals surface area contributed by atoms with E-state index in [2.05, 4.69) is 13.8 Å². The van der Waals surface area contributed by atoms with Gasteiger partial charge in [-0.15, -0.1) is 0 Å². The molecule has 0 aliphatic rings. The highest BCUT2D eigenvalue weighted by atomic mass is 32.2. The number of thiol groups is 1. The molecule has 0 unspecified atom stereocenters. The summed E-state index contributed by atoms with van der Waals surface area (Å²) in [7, 11) is 0.0822. The van der Waals surface area contributed by atoms with Crippen LogP contribution in [0.25, 0.3) is 0 Å². The topological polar surface area (TPSA) is 76.2 Å². The van der Waals surface area contributed by atoms with Crippen LogP contribution in [0.1, 0.15) is 25.8 Å². The molecule has 0 saturated carbocycles. The van der Waals surface area contributed by atoms with Gasteiger partial charge in [0.2, 0.25) is 0 Å². The fourth-order valence-electron chi connectivity index (χ4n) is 1.91. The number of rotatable bonds is 8. The summed E-state index contributed by atoms with van der Waals surface area (Å²) >= 11 is 0. The molecule has 0 saturated heterocycles. The van der Waals surface area contributed by atoms with Gasteiger partial charge in [-0.05, 0) is 29.7 Å². The van der Waals surface area contributed by atoms with Crippen molar-refractivity contribution in [2.75, 3.05) is 23.9 Å². The third-order valence-corrected chi connectivity index (χ3v) is 5.82. The SMILES string of the molecule is CC[SH](CC)CCCOc1cccc([N+](=O)[O-])c1C#N. The molecule has 0 radical (unpaired) electrons. The largest absolute Gasteiger partial charge is 0.492 e. The molecule has 1 aromatic rings. The molecule has 0 aliphatic carbocycles. The van der Waals surface area contributed by atoms with Gasteiger partial charge >= 0.3 is 0 Å². The predicted molar refractivity (Wildman–Crippen MR) is 82.9 cm³/mol. The summed E-state index contributed by atoms with van der Waals surface area (Å²) in [6, 6.07) is 6.32. The van der Waals surface area contributed by atoms with Crippen LogP contribution in [-0.2, 0) is 0 Å². The van der Waals surface area contributed by atoms with Gasteiger partial charge in [0, 0.05) is 6.07 Å². The van der Waals surface area contributed by atoms with Crippen LogP contribution in [0.15, 0.2) is 18.2 Å².